The lowest BCUT2D eigenvalue weighted by Crippen LogP contribution is -2.20. The van der Waals surface area contributed by atoms with Crippen LogP contribution in [0.2, 0.25) is 0 Å². The van der Waals surface area contributed by atoms with Crippen LogP contribution in [-0.4, -0.2) is 62.0 Å². The van der Waals surface area contributed by atoms with Gasteiger partial charge in [0.15, 0.2) is 0 Å². The predicted molar refractivity (Wildman–Crippen MR) is 166 cm³/mol. The van der Waals surface area contributed by atoms with Gasteiger partial charge in [-0.15, -0.1) is 0 Å². The van der Waals surface area contributed by atoms with Crippen LogP contribution >= 0.6 is 31.9 Å². The van der Waals surface area contributed by atoms with E-state index in [-0.39, 0.29) is 0 Å². The molecule has 10 heteroatoms. The zero-order valence-corrected chi connectivity index (χ0v) is 25.1. The predicted octanol–water partition coefficient (Wildman–Crippen LogP) is 5.72. The van der Waals surface area contributed by atoms with Crippen molar-refractivity contribution in [1.82, 2.24) is 20.6 Å². The maximum absolute atomic E-state index is 5.63. The molecule has 0 atom stereocenters. The normalized spacial score (nSPS) is 14.3. The second kappa shape index (κ2) is 11.4. The molecule has 0 aliphatic carbocycles. The summed E-state index contributed by atoms with van der Waals surface area (Å²) in [6.45, 7) is 3.14. The average molecular weight is 662 g/mol. The van der Waals surface area contributed by atoms with Crippen LogP contribution in [-0.2, 0) is 0 Å². The number of pyridine rings is 2. The zero-order valence-electron chi connectivity index (χ0n) is 22.0. The molecule has 0 spiro atoms. The molecule has 0 amide bonds. The molecule has 0 fully saturated rings. The molecular weight excluding hydrogens is 636 g/mol. The molecular formula is C30H26Br2N6O2. The van der Waals surface area contributed by atoms with Crippen molar-refractivity contribution >= 4 is 43.5 Å². The number of aliphatic imine (C=N–C) groups is 2. The van der Waals surface area contributed by atoms with Gasteiger partial charge < -0.3 is 20.1 Å². The molecule has 0 bridgehead atoms. The highest BCUT2D eigenvalue weighted by molar-refractivity contribution is 9.11. The molecule has 2 aromatic carbocycles. The molecule has 0 radical (unpaired) electrons. The first-order chi connectivity index (χ1) is 19.6. The third-order valence-electron chi connectivity index (χ3n) is 6.81. The quantitative estimate of drug-likeness (QED) is 0.263. The van der Waals surface area contributed by atoms with Crippen LogP contribution in [0.3, 0.4) is 0 Å². The summed E-state index contributed by atoms with van der Waals surface area (Å²) in [7, 11) is 3.26. The van der Waals surface area contributed by atoms with Gasteiger partial charge in [-0.05, 0) is 67.3 Å². The van der Waals surface area contributed by atoms with E-state index in [0.717, 1.165) is 91.6 Å². The summed E-state index contributed by atoms with van der Waals surface area (Å²) in [6, 6.07) is 20.3. The van der Waals surface area contributed by atoms with E-state index in [1.807, 2.05) is 48.5 Å². The van der Waals surface area contributed by atoms with E-state index in [0.29, 0.717) is 11.8 Å². The molecule has 2 N–H and O–H groups in total. The van der Waals surface area contributed by atoms with Crippen molar-refractivity contribution in [1.29, 1.82) is 0 Å². The Bertz CT molecular complexity index is 1550. The Morgan fingerprint density at radius 3 is 1.38 bits per heavy atom. The van der Waals surface area contributed by atoms with Crippen molar-refractivity contribution in [3.63, 3.8) is 0 Å². The van der Waals surface area contributed by atoms with Crippen LogP contribution in [0.15, 0.2) is 79.6 Å². The van der Waals surface area contributed by atoms with E-state index in [9.17, 15) is 0 Å². The van der Waals surface area contributed by atoms with Gasteiger partial charge in [-0.1, -0.05) is 36.4 Å². The molecule has 2 aromatic heterocycles. The highest BCUT2D eigenvalue weighted by Crippen LogP contribution is 2.42. The molecule has 202 valence electrons. The minimum atomic E-state index is 0.536. The summed E-state index contributed by atoms with van der Waals surface area (Å²) in [6.07, 6.45) is 0. The van der Waals surface area contributed by atoms with Crippen LogP contribution in [0, 0.1) is 0 Å². The Balaban J connectivity index is 1.39. The van der Waals surface area contributed by atoms with Crippen LogP contribution in [0.25, 0.3) is 33.6 Å². The smallest absolute Gasteiger partial charge is 0.224 e. The summed E-state index contributed by atoms with van der Waals surface area (Å²) in [5.41, 5.74) is 7.26. The Labute approximate surface area is 249 Å². The standard InChI is InChI=1S/C30H26Br2N6O2/c1-39-29-21(27-33-13-14-34-27)9-11-23(37-29)19-7-3-5-17(25(19)31)18-6-4-8-20(26(18)32)24-12-10-22(30(38-24)40-2)28-35-15-16-36-28/h3-12H,13-16H2,1-2H3,(H,33,34)(H,35,36). The van der Waals surface area contributed by atoms with Gasteiger partial charge in [0.2, 0.25) is 11.8 Å². The summed E-state index contributed by atoms with van der Waals surface area (Å²) in [4.78, 5) is 18.7. The fourth-order valence-corrected chi connectivity index (χ4v) is 6.25. The lowest BCUT2D eigenvalue weighted by Gasteiger charge is -2.16. The molecule has 2 aliphatic heterocycles. The second-order valence-electron chi connectivity index (χ2n) is 9.16. The fraction of sp³-hybridized carbons (Fsp3) is 0.200. The largest absolute Gasteiger partial charge is 0.480 e. The van der Waals surface area contributed by atoms with Crippen LogP contribution in [0.5, 0.6) is 11.8 Å². The van der Waals surface area contributed by atoms with Crippen LogP contribution < -0.4 is 20.1 Å². The summed E-state index contributed by atoms with van der Waals surface area (Å²) >= 11 is 7.76. The number of nitrogens with one attached hydrogen (secondary N) is 2. The first-order valence-corrected chi connectivity index (χ1v) is 14.4. The Morgan fingerprint density at radius 1 is 0.575 bits per heavy atom. The highest BCUT2D eigenvalue weighted by Gasteiger charge is 2.20. The van der Waals surface area contributed by atoms with Gasteiger partial charge in [-0.2, -0.15) is 0 Å². The number of hydrogen-bond acceptors (Lipinski definition) is 8. The number of amidine groups is 2. The Morgan fingerprint density at radius 2 is 1.00 bits per heavy atom. The molecule has 4 heterocycles. The maximum atomic E-state index is 5.63. The molecule has 0 saturated heterocycles. The van der Waals surface area contributed by atoms with Crippen LogP contribution in [0.1, 0.15) is 11.1 Å². The first-order valence-electron chi connectivity index (χ1n) is 12.8. The minimum Gasteiger partial charge on any atom is -0.480 e. The van der Waals surface area contributed by atoms with E-state index in [4.69, 9.17) is 19.4 Å². The van der Waals surface area contributed by atoms with Crippen molar-refractivity contribution in [2.45, 2.75) is 0 Å². The first kappa shape index (κ1) is 26.5. The van der Waals surface area contributed by atoms with Crippen molar-refractivity contribution in [3.05, 3.63) is 80.7 Å². The highest BCUT2D eigenvalue weighted by atomic mass is 79.9. The molecule has 2 aliphatic rings. The molecule has 4 aromatic rings. The monoisotopic (exact) mass is 660 g/mol. The van der Waals surface area contributed by atoms with Gasteiger partial charge in [0.05, 0.1) is 49.8 Å². The number of nitrogens with zero attached hydrogens (tertiary/aromatic N) is 4. The van der Waals surface area contributed by atoms with Crippen molar-refractivity contribution < 1.29 is 9.47 Å². The maximum Gasteiger partial charge on any atom is 0.224 e. The van der Waals surface area contributed by atoms with Gasteiger partial charge in [0.1, 0.15) is 11.7 Å². The molecule has 6 rings (SSSR count). The van der Waals surface area contributed by atoms with Gasteiger partial charge in [0.25, 0.3) is 0 Å². The van der Waals surface area contributed by atoms with E-state index >= 15 is 0 Å². The molecule has 0 unspecified atom stereocenters. The van der Waals surface area contributed by atoms with E-state index in [1.165, 1.54) is 0 Å². The van der Waals surface area contributed by atoms with Crippen LogP contribution in [0.4, 0.5) is 0 Å². The Kier molecular flexibility index (Phi) is 7.53. The second-order valence-corrected chi connectivity index (χ2v) is 10.7. The van der Waals surface area contributed by atoms with E-state index < -0.39 is 0 Å². The summed E-state index contributed by atoms with van der Waals surface area (Å²) in [5.74, 6) is 2.70. The van der Waals surface area contributed by atoms with Crippen molar-refractivity contribution in [2.24, 2.45) is 9.98 Å². The molecule has 8 nitrogen and oxygen atoms in total. The summed E-state index contributed by atoms with van der Waals surface area (Å²) in [5, 5.41) is 6.58. The van der Waals surface area contributed by atoms with Gasteiger partial charge in [-0.25, -0.2) is 9.97 Å². The fourth-order valence-electron chi connectivity index (χ4n) is 4.88. The number of hydrogen-bond donors (Lipinski definition) is 2. The lowest BCUT2D eigenvalue weighted by atomic mass is 9.98. The minimum absolute atomic E-state index is 0.536. The third-order valence-corrected chi connectivity index (χ3v) is 8.51. The van der Waals surface area contributed by atoms with Gasteiger partial charge >= 0.3 is 0 Å². The SMILES string of the molecule is COc1nc(-c2cccc(-c3cccc(-c4ccc(C5=NCCN5)c(OC)n4)c3Br)c2Br)ccc1C1=NCCN1. The number of rotatable bonds is 7. The Hall–Kier alpha value is -3.76. The topological polar surface area (TPSA) is 93.0 Å². The van der Waals surface area contributed by atoms with Crippen molar-refractivity contribution in [2.75, 3.05) is 40.4 Å². The lowest BCUT2D eigenvalue weighted by molar-refractivity contribution is 0.397. The average Bonchev–Trinajstić information content (AvgIpc) is 3.72. The van der Waals surface area contributed by atoms with E-state index in [1.54, 1.807) is 14.2 Å². The number of aromatic nitrogens is 2. The third kappa shape index (κ3) is 4.86. The number of benzene rings is 2. The number of methoxy groups -OCH3 is 2. The number of halogens is 2. The van der Waals surface area contributed by atoms with Gasteiger partial charge in [-0.3, -0.25) is 9.98 Å². The summed E-state index contributed by atoms with van der Waals surface area (Å²) < 4.78 is 13.1. The molecule has 0 saturated carbocycles. The van der Waals surface area contributed by atoms with Gasteiger partial charge in [0, 0.05) is 33.2 Å². The number of ether oxygens (including phenoxy) is 2. The van der Waals surface area contributed by atoms with Crippen molar-refractivity contribution in [3.8, 4) is 45.4 Å². The van der Waals surface area contributed by atoms with E-state index in [2.05, 4.69) is 64.6 Å². The zero-order chi connectivity index (χ0) is 27.6. The molecule has 40 heavy (non-hydrogen) atoms.